The number of anilines is 1. The Morgan fingerprint density at radius 1 is 1.29 bits per heavy atom. The Morgan fingerprint density at radius 2 is 1.94 bits per heavy atom. The van der Waals surface area contributed by atoms with Crippen LogP contribution in [0.15, 0.2) is 18.2 Å². The molecule has 4 N–H and O–H groups in total. The molecule has 0 bridgehead atoms. The van der Waals surface area contributed by atoms with Gasteiger partial charge in [0.15, 0.2) is 0 Å². The van der Waals surface area contributed by atoms with Crippen LogP contribution in [0.1, 0.15) is 17.3 Å². The SMILES string of the molecule is CC(=O)NCCNC(=O)c1ccc(F)cc1N. The molecule has 1 aromatic carbocycles. The number of hydrogen-bond donors (Lipinski definition) is 3. The van der Waals surface area contributed by atoms with Crippen molar-refractivity contribution >= 4 is 17.5 Å². The highest BCUT2D eigenvalue weighted by molar-refractivity contribution is 5.99. The zero-order chi connectivity index (χ0) is 12.8. The molecule has 0 aliphatic heterocycles. The van der Waals surface area contributed by atoms with E-state index in [9.17, 15) is 14.0 Å². The Balaban J connectivity index is 2.50. The van der Waals surface area contributed by atoms with Gasteiger partial charge in [0.05, 0.1) is 5.56 Å². The molecule has 17 heavy (non-hydrogen) atoms. The Kier molecular flexibility index (Phi) is 4.45. The van der Waals surface area contributed by atoms with E-state index in [2.05, 4.69) is 10.6 Å². The van der Waals surface area contributed by atoms with Crippen LogP contribution in [0.3, 0.4) is 0 Å². The predicted molar refractivity (Wildman–Crippen MR) is 61.8 cm³/mol. The van der Waals surface area contributed by atoms with Gasteiger partial charge in [0, 0.05) is 25.7 Å². The maximum absolute atomic E-state index is 12.7. The molecule has 0 fully saturated rings. The topological polar surface area (TPSA) is 84.2 Å². The van der Waals surface area contributed by atoms with Crippen molar-refractivity contribution in [2.45, 2.75) is 6.92 Å². The zero-order valence-corrected chi connectivity index (χ0v) is 9.42. The van der Waals surface area contributed by atoms with E-state index in [1.165, 1.54) is 19.1 Å². The molecule has 0 spiro atoms. The van der Waals surface area contributed by atoms with Crippen molar-refractivity contribution in [2.24, 2.45) is 0 Å². The van der Waals surface area contributed by atoms with E-state index in [0.717, 1.165) is 6.07 Å². The molecule has 92 valence electrons. The van der Waals surface area contributed by atoms with Crippen molar-refractivity contribution in [3.63, 3.8) is 0 Å². The number of benzene rings is 1. The lowest BCUT2D eigenvalue weighted by atomic mass is 10.1. The summed E-state index contributed by atoms with van der Waals surface area (Å²) in [5.74, 6) is -1.05. The summed E-state index contributed by atoms with van der Waals surface area (Å²) >= 11 is 0. The lowest BCUT2D eigenvalue weighted by Gasteiger charge is -2.07. The van der Waals surface area contributed by atoms with Gasteiger partial charge in [-0.3, -0.25) is 9.59 Å². The largest absolute Gasteiger partial charge is 0.398 e. The van der Waals surface area contributed by atoms with Crippen molar-refractivity contribution in [3.05, 3.63) is 29.6 Å². The van der Waals surface area contributed by atoms with Crippen molar-refractivity contribution < 1.29 is 14.0 Å². The Labute approximate surface area is 98.2 Å². The van der Waals surface area contributed by atoms with Gasteiger partial charge >= 0.3 is 0 Å². The van der Waals surface area contributed by atoms with Gasteiger partial charge in [-0.05, 0) is 18.2 Å². The van der Waals surface area contributed by atoms with Crippen molar-refractivity contribution in [1.82, 2.24) is 10.6 Å². The number of nitrogens with one attached hydrogen (secondary N) is 2. The van der Waals surface area contributed by atoms with E-state index < -0.39 is 11.7 Å². The first-order chi connectivity index (χ1) is 8.00. The molecule has 0 saturated heterocycles. The molecule has 0 aromatic heterocycles. The van der Waals surface area contributed by atoms with E-state index in [1.54, 1.807) is 0 Å². The number of carbonyl (C=O) groups is 2. The summed E-state index contributed by atoms with van der Waals surface area (Å²) in [5.41, 5.74) is 5.81. The molecule has 5 nitrogen and oxygen atoms in total. The predicted octanol–water partition coefficient (Wildman–Crippen LogP) is 0.274. The van der Waals surface area contributed by atoms with Crippen LogP contribution >= 0.6 is 0 Å². The van der Waals surface area contributed by atoms with Crippen molar-refractivity contribution in [1.29, 1.82) is 0 Å². The van der Waals surface area contributed by atoms with E-state index in [1.807, 2.05) is 0 Å². The van der Waals surface area contributed by atoms with Crippen LogP contribution in [0, 0.1) is 5.82 Å². The smallest absolute Gasteiger partial charge is 0.253 e. The first kappa shape index (κ1) is 13.0. The standard InChI is InChI=1S/C11H14FN3O2/c1-7(16)14-4-5-15-11(17)9-3-2-8(12)6-10(9)13/h2-3,6H,4-5,13H2,1H3,(H,14,16)(H,15,17). The van der Waals surface area contributed by atoms with Gasteiger partial charge in [-0.25, -0.2) is 4.39 Å². The Morgan fingerprint density at radius 3 is 2.53 bits per heavy atom. The fourth-order valence-electron chi connectivity index (χ4n) is 1.25. The average Bonchev–Trinajstić information content (AvgIpc) is 2.23. The van der Waals surface area contributed by atoms with Gasteiger partial charge < -0.3 is 16.4 Å². The molecule has 1 aromatic rings. The van der Waals surface area contributed by atoms with Crippen molar-refractivity contribution in [2.75, 3.05) is 18.8 Å². The molecule has 1 rings (SSSR count). The quantitative estimate of drug-likeness (QED) is 0.521. The summed E-state index contributed by atoms with van der Waals surface area (Å²) in [6.45, 7) is 2.01. The number of rotatable bonds is 4. The third kappa shape index (κ3) is 4.10. The maximum Gasteiger partial charge on any atom is 0.253 e. The van der Waals surface area contributed by atoms with Crippen LogP contribution in [0.5, 0.6) is 0 Å². The minimum absolute atomic E-state index is 0.0852. The lowest BCUT2D eigenvalue weighted by Crippen LogP contribution is -2.33. The molecule has 0 aliphatic carbocycles. The van der Waals surface area contributed by atoms with Gasteiger partial charge in [-0.1, -0.05) is 0 Å². The first-order valence-corrected chi connectivity index (χ1v) is 5.08. The Hall–Kier alpha value is -2.11. The molecule has 0 unspecified atom stereocenters. The van der Waals surface area contributed by atoms with Crippen LogP contribution in [-0.2, 0) is 4.79 Å². The van der Waals surface area contributed by atoms with Gasteiger partial charge in [0.25, 0.3) is 5.91 Å². The summed E-state index contributed by atoms with van der Waals surface area (Å²) in [6, 6.07) is 3.57. The van der Waals surface area contributed by atoms with E-state index in [4.69, 9.17) is 5.73 Å². The number of hydrogen-bond acceptors (Lipinski definition) is 3. The zero-order valence-electron chi connectivity index (χ0n) is 9.42. The summed E-state index contributed by atoms with van der Waals surface area (Å²) in [4.78, 5) is 22.2. The first-order valence-electron chi connectivity index (χ1n) is 5.08. The minimum Gasteiger partial charge on any atom is -0.398 e. The number of amides is 2. The molecule has 0 aliphatic rings. The van der Waals surface area contributed by atoms with E-state index in [0.29, 0.717) is 6.54 Å². The van der Waals surface area contributed by atoms with Crippen LogP contribution in [0.2, 0.25) is 0 Å². The molecule has 0 saturated carbocycles. The summed E-state index contributed by atoms with van der Waals surface area (Å²) < 4.78 is 12.7. The summed E-state index contributed by atoms with van der Waals surface area (Å²) in [7, 11) is 0. The number of halogens is 1. The second kappa shape index (κ2) is 5.83. The molecule has 2 amide bonds. The van der Waals surface area contributed by atoms with Gasteiger partial charge in [0.1, 0.15) is 5.82 Å². The second-order valence-corrected chi connectivity index (χ2v) is 3.47. The van der Waals surface area contributed by atoms with Crippen molar-refractivity contribution in [3.8, 4) is 0 Å². The van der Waals surface area contributed by atoms with E-state index >= 15 is 0 Å². The monoisotopic (exact) mass is 239 g/mol. The summed E-state index contributed by atoms with van der Waals surface area (Å²) in [5, 5.41) is 5.09. The molecule has 6 heteroatoms. The normalized spacial score (nSPS) is 9.76. The molecule has 0 radical (unpaired) electrons. The number of nitrogens with two attached hydrogens (primary N) is 1. The van der Waals surface area contributed by atoms with E-state index in [-0.39, 0.29) is 23.7 Å². The lowest BCUT2D eigenvalue weighted by molar-refractivity contribution is -0.118. The highest BCUT2D eigenvalue weighted by atomic mass is 19.1. The van der Waals surface area contributed by atoms with Gasteiger partial charge in [-0.15, -0.1) is 0 Å². The number of nitrogen functional groups attached to an aromatic ring is 1. The molecule has 0 heterocycles. The maximum atomic E-state index is 12.7. The fraction of sp³-hybridized carbons (Fsp3) is 0.273. The van der Waals surface area contributed by atoms with Crippen LogP contribution in [0.25, 0.3) is 0 Å². The van der Waals surface area contributed by atoms with Crippen LogP contribution < -0.4 is 16.4 Å². The highest BCUT2D eigenvalue weighted by Crippen LogP contribution is 2.12. The molecular weight excluding hydrogens is 225 g/mol. The van der Waals surface area contributed by atoms with Crippen LogP contribution in [-0.4, -0.2) is 24.9 Å². The molecule has 0 atom stereocenters. The van der Waals surface area contributed by atoms with Crippen LogP contribution in [0.4, 0.5) is 10.1 Å². The third-order valence-electron chi connectivity index (χ3n) is 2.04. The number of carbonyl (C=O) groups excluding carboxylic acids is 2. The van der Waals surface area contributed by atoms with Gasteiger partial charge in [0.2, 0.25) is 5.91 Å². The summed E-state index contributed by atoms with van der Waals surface area (Å²) in [6.07, 6.45) is 0. The highest BCUT2D eigenvalue weighted by Gasteiger charge is 2.09. The fourth-order valence-corrected chi connectivity index (χ4v) is 1.25. The minimum atomic E-state index is -0.489. The average molecular weight is 239 g/mol. The Bertz CT molecular complexity index is 435. The van der Waals surface area contributed by atoms with Gasteiger partial charge in [-0.2, -0.15) is 0 Å². The third-order valence-corrected chi connectivity index (χ3v) is 2.04. The second-order valence-electron chi connectivity index (χ2n) is 3.47. The molecular formula is C11H14FN3O2.